The van der Waals surface area contributed by atoms with Crippen molar-refractivity contribution >= 4 is 12.0 Å². The lowest BCUT2D eigenvalue weighted by Gasteiger charge is -2.36. The Bertz CT molecular complexity index is 762. The number of carbonyl (C=O) groups is 1. The van der Waals surface area contributed by atoms with Crippen LogP contribution in [0.15, 0.2) is 42.7 Å². The first-order valence-corrected chi connectivity index (χ1v) is 9.29. The zero-order chi connectivity index (χ0) is 17.8. The van der Waals surface area contributed by atoms with Crippen LogP contribution in [0.25, 0.3) is 6.08 Å². The van der Waals surface area contributed by atoms with Crippen molar-refractivity contribution in [2.75, 3.05) is 39.3 Å². The average Bonchev–Trinajstić information content (AvgIpc) is 3.18. The van der Waals surface area contributed by atoms with Gasteiger partial charge in [0, 0.05) is 51.4 Å². The smallest absolute Gasteiger partial charge is 0.246 e. The van der Waals surface area contributed by atoms with Gasteiger partial charge >= 0.3 is 0 Å². The fourth-order valence-electron chi connectivity index (χ4n) is 3.66. The number of piperazine rings is 1. The Morgan fingerprint density at radius 1 is 1.19 bits per heavy atom. The molecular formula is C20H25N5O. The van der Waals surface area contributed by atoms with Gasteiger partial charge in [-0.15, -0.1) is 0 Å². The van der Waals surface area contributed by atoms with Gasteiger partial charge in [0.2, 0.25) is 5.91 Å². The van der Waals surface area contributed by atoms with Crippen LogP contribution >= 0.6 is 0 Å². The molecule has 0 spiro atoms. The number of aromatic nitrogens is 2. The Labute approximate surface area is 153 Å². The molecule has 1 fully saturated rings. The van der Waals surface area contributed by atoms with Crippen molar-refractivity contribution in [2.24, 2.45) is 0 Å². The minimum Gasteiger partial charge on any atom is -0.348 e. The average molecular weight is 351 g/mol. The monoisotopic (exact) mass is 351 g/mol. The van der Waals surface area contributed by atoms with Crippen LogP contribution < -0.4 is 5.32 Å². The van der Waals surface area contributed by atoms with Crippen molar-refractivity contribution in [1.82, 2.24) is 25.1 Å². The quantitative estimate of drug-likeness (QED) is 0.875. The number of carbonyl (C=O) groups excluding carboxylic acids is 1. The van der Waals surface area contributed by atoms with Gasteiger partial charge in [0.25, 0.3) is 0 Å². The van der Waals surface area contributed by atoms with E-state index in [0.717, 1.165) is 57.1 Å². The third-order valence-electron chi connectivity index (χ3n) is 5.15. The fraction of sp³-hybridized carbons (Fsp3) is 0.400. The van der Waals surface area contributed by atoms with Gasteiger partial charge < -0.3 is 15.2 Å². The topological polar surface area (TPSA) is 64.3 Å². The van der Waals surface area contributed by atoms with Gasteiger partial charge in [0.1, 0.15) is 6.04 Å². The minimum absolute atomic E-state index is 0.150. The molecule has 3 heterocycles. The number of hydrogen-bond donors (Lipinski definition) is 2. The number of fused-ring (bicyclic) bond motifs is 1. The minimum atomic E-state index is -0.297. The molecular weight excluding hydrogens is 326 g/mol. The highest BCUT2D eigenvalue weighted by Gasteiger charge is 2.32. The van der Waals surface area contributed by atoms with E-state index in [1.807, 2.05) is 23.1 Å². The van der Waals surface area contributed by atoms with Crippen LogP contribution in [0.1, 0.15) is 23.0 Å². The summed E-state index contributed by atoms with van der Waals surface area (Å²) in [6.45, 7) is 5.10. The van der Waals surface area contributed by atoms with Crippen molar-refractivity contribution in [3.63, 3.8) is 0 Å². The highest BCUT2D eigenvalue weighted by molar-refractivity contribution is 5.83. The van der Waals surface area contributed by atoms with Gasteiger partial charge in [0.15, 0.2) is 0 Å². The molecule has 1 aromatic heterocycles. The van der Waals surface area contributed by atoms with Gasteiger partial charge in [-0.1, -0.05) is 42.5 Å². The first-order chi connectivity index (χ1) is 12.8. The maximum atomic E-state index is 12.9. The summed E-state index contributed by atoms with van der Waals surface area (Å²) in [7, 11) is 0. The molecule has 6 heteroatoms. The van der Waals surface area contributed by atoms with Crippen molar-refractivity contribution in [3.05, 3.63) is 59.7 Å². The normalized spacial score (nSPS) is 21.1. The lowest BCUT2D eigenvalue weighted by molar-refractivity contribution is -0.135. The van der Waals surface area contributed by atoms with Crippen molar-refractivity contribution in [3.8, 4) is 0 Å². The largest absolute Gasteiger partial charge is 0.348 e. The summed E-state index contributed by atoms with van der Waals surface area (Å²) >= 11 is 0. The molecule has 0 aliphatic carbocycles. The number of nitrogens with one attached hydrogen (secondary N) is 2. The van der Waals surface area contributed by atoms with Crippen LogP contribution in [-0.4, -0.2) is 64.9 Å². The summed E-state index contributed by atoms with van der Waals surface area (Å²) in [5.41, 5.74) is 3.18. The number of aromatic amines is 1. The van der Waals surface area contributed by atoms with Gasteiger partial charge in [0.05, 0.1) is 12.0 Å². The van der Waals surface area contributed by atoms with Crippen molar-refractivity contribution in [1.29, 1.82) is 0 Å². The van der Waals surface area contributed by atoms with Gasteiger partial charge in [-0.05, 0) is 5.56 Å². The summed E-state index contributed by atoms with van der Waals surface area (Å²) in [4.78, 5) is 24.8. The van der Waals surface area contributed by atoms with E-state index in [-0.39, 0.29) is 11.9 Å². The number of H-pyrrole nitrogens is 1. The molecule has 2 aliphatic rings. The number of amides is 1. The van der Waals surface area contributed by atoms with Gasteiger partial charge in [-0.3, -0.25) is 9.69 Å². The molecule has 136 valence electrons. The van der Waals surface area contributed by atoms with Crippen LogP contribution in [-0.2, 0) is 11.2 Å². The van der Waals surface area contributed by atoms with E-state index in [1.54, 1.807) is 6.33 Å². The molecule has 0 saturated carbocycles. The maximum Gasteiger partial charge on any atom is 0.246 e. The number of benzene rings is 1. The van der Waals surface area contributed by atoms with E-state index in [4.69, 9.17) is 0 Å². The molecule has 26 heavy (non-hydrogen) atoms. The summed E-state index contributed by atoms with van der Waals surface area (Å²) in [6.07, 6.45) is 6.95. The van der Waals surface area contributed by atoms with Crippen LogP contribution in [0.3, 0.4) is 0 Å². The summed E-state index contributed by atoms with van der Waals surface area (Å²) < 4.78 is 0. The third kappa shape index (κ3) is 3.71. The zero-order valence-electron chi connectivity index (χ0n) is 14.9. The van der Waals surface area contributed by atoms with Crippen LogP contribution in [0, 0.1) is 0 Å². The van der Waals surface area contributed by atoms with E-state index in [2.05, 4.69) is 44.5 Å². The molecule has 4 rings (SSSR count). The molecule has 6 nitrogen and oxygen atoms in total. The molecule has 2 N–H and O–H groups in total. The molecule has 1 saturated heterocycles. The molecule has 1 unspecified atom stereocenters. The van der Waals surface area contributed by atoms with Gasteiger partial charge in [-0.25, -0.2) is 4.98 Å². The molecule has 0 bridgehead atoms. The van der Waals surface area contributed by atoms with Crippen LogP contribution in [0.4, 0.5) is 0 Å². The molecule has 0 radical (unpaired) electrons. The Morgan fingerprint density at radius 3 is 2.81 bits per heavy atom. The SMILES string of the molecule is O=C(C1NCCc2[nH]cnc21)N1CCN(CC=Cc2ccccc2)CC1. The third-order valence-corrected chi connectivity index (χ3v) is 5.15. The Balaban J connectivity index is 1.29. The summed E-state index contributed by atoms with van der Waals surface area (Å²) in [5.74, 6) is 0.150. The highest BCUT2D eigenvalue weighted by Crippen LogP contribution is 2.22. The number of hydrogen-bond acceptors (Lipinski definition) is 4. The summed E-state index contributed by atoms with van der Waals surface area (Å²) in [6, 6.07) is 10.0. The zero-order valence-corrected chi connectivity index (χ0v) is 14.9. The molecule has 1 atom stereocenters. The number of rotatable bonds is 4. The Kier molecular flexibility index (Phi) is 5.13. The van der Waals surface area contributed by atoms with Crippen molar-refractivity contribution < 1.29 is 4.79 Å². The second-order valence-electron chi connectivity index (χ2n) is 6.84. The lowest BCUT2D eigenvalue weighted by Crippen LogP contribution is -2.52. The maximum absolute atomic E-state index is 12.9. The summed E-state index contributed by atoms with van der Waals surface area (Å²) in [5, 5.41) is 3.32. The van der Waals surface area contributed by atoms with E-state index < -0.39 is 0 Å². The predicted octanol–water partition coefficient (Wildman–Crippen LogP) is 1.45. The van der Waals surface area contributed by atoms with Crippen LogP contribution in [0.5, 0.6) is 0 Å². The van der Waals surface area contributed by atoms with E-state index in [1.165, 1.54) is 5.56 Å². The second-order valence-corrected chi connectivity index (χ2v) is 6.84. The van der Waals surface area contributed by atoms with E-state index in [9.17, 15) is 4.79 Å². The van der Waals surface area contributed by atoms with Crippen LogP contribution in [0.2, 0.25) is 0 Å². The van der Waals surface area contributed by atoms with Crippen molar-refractivity contribution in [2.45, 2.75) is 12.5 Å². The number of imidazole rings is 1. The fourth-order valence-corrected chi connectivity index (χ4v) is 3.66. The Morgan fingerprint density at radius 2 is 2.00 bits per heavy atom. The van der Waals surface area contributed by atoms with E-state index in [0.29, 0.717) is 0 Å². The second kappa shape index (κ2) is 7.85. The van der Waals surface area contributed by atoms with Gasteiger partial charge in [-0.2, -0.15) is 0 Å². The molecule has 1 amide bonds. The molecule has 2 aromatic rings. The predicted molar refractivity (Wildman–Crippen MR) is 102 cm³/mol. The standard InChI is InChI=1S/C20H25N5O/c26-20(19-18-17(8-9-21-19)22-15-23-18)25-13-11-24(12-14-25)10-4-7-16-5-2-1-3-6-16/h1-7,15,19,21H,8-14H2,(H,22,23). The molecule has 1 aromatic carbocycles. The first-order valence-electron chi connectivity index (χ1n) is 9.29. The van der Waals surface area contributed by atoms with E-state index >= 15 is 0 Å². The lowest BCUT2D eigenvalue weighted by atomic mass is 10.0. The highest BCUT2D eigenvalue weighted by atomic mass is 16.2. The first kappa shape index (κ1) is 17.0. The molecule has 2 aliphatic heterocycles. The number of nitrogens with zero attached hydrogens (tertiary/aromatic N) is 3. The Hall–Kier alpha value is -2.44.